The standard InChI is InChI=1S/C23H25N5.2C2HF3O2/c1-2-6-19(7-3-1)22-8-9-23(26-25-22)28-16-20-14-27(15-21(20)17-28)12-10-18-5-4-11-24-13-18;2*3-2(4,5)1(6)7/h1-9,11,13,20-21H,10,12,14-17H2;2*(H,6,7). The molecule has 2 unspecified atom stereocenters. The number of carbonyl (C=O) groups is 2. The summed E-state index contributed by atoms with van der Waals surface area (Å²) in [5, 5.41) is 23.2. The molecule has 2 fully saturated rings. The maximum Gasteiger partial charge on any atom is 0.490 e. The number of aliphatic carboxylic acids is 2. The molecule has 0 bridgehead atoms. The predicted octanol–water partition coefficient (Wildman–Crippen LogP) is 4.42. The van der Waals surface area contributed by atoms with Crippen molar-refractivity contribution in [1.82, 2.24) is 20.1 Å². The molecule has 1 aromatic carbocycles. The zero-order valence-corrected chi connectivity index (χ0v) is 22.0. The van der Waals surface area contributed by atoms with Gasteiger partial charge in [-0.25, -0.2) is 9.59 Å². The van der Waals surface area contributed by atoms with Crippen molar-refractivity contribution in [2.24, 2.45) is 11.8 Å². The number of pyridine rings is 1. The zero-order chi connectivity index (χ0) is 30.9. The first-order valence-corrected chi connectivity index (χ1v) is 12.6. The minimum absolute atomic E-state index is 0.740. The maximum absolute atomic E-state index is 10.6. The van der Waals surface area contributed by atoms with Gasteiger partial charge in [0.15, 0.2) is 5.82 Å². The van der Waals surface area contributed by atoms with Gasteiger partial charge in [0.25, 0.3) is 0 Å². The van der Waals surface area contributed by atoms with Gasteiger partial charge in [-0.15, -0.1) is 10.2 Å². The first-order valence-electron chi connectivity index (χ1n) is 12.6. The quantitative estimate of drug-likeness (QED) is 0.411. The van der Waals surface area contributed by atoms with Crippen molar-refractivity contribution in [3.8, 4) is 11.3 Å². The van der Waals surface area contributed by atoms with Gasteiger partial charge >= 0.3 is 24.3 Å². The summed E-state index contributed by atoms with van der Waals surface area (Å²) in [6, 6.07) is 18.6. The topological polar surface area (TPSA) is 120 Å². The van der Waals surface area contributed by atoms with Crippen LogP contribution in [-0.2, 0) is 16.0 Å². The van der Waals surface area contributed by atoms with Gasteiger partial charge in [-0.1, -0.05) is 36.4 Å². The van der Waals surface area contributed by atoms with E-state index in [9.17, 15) is 26.3 Å². The fraction of sp³-hybridized carbons (Fsp3) is 0.370. The van der Waals surface area contributed by atoms with Crippen LogP contribution in [0.2, 0.25) is 0 Å². The highest BCUT2D eigenvalue weighted by Gasteiger charge is 2.40. The lowest BCUT2D eigenvalue weighted by atomic mass is 10.0. The number of halogens is 6. The summed E-state index contributed by atoms with van der Waals surface area (Å²) in [6.45, 7) is 5.69. The van der Waals surface area contributed by atoms with E-state index in [0.717, 1.165) is 55.0 Å². The molecule has 2 aliphatic rings. The van der Waals surface area contributed by atoms with Crippen LogP contribution in [0.3, 0.4) is 0 Å². The van der Waals surface area contributed by atoms with E-state index in [2.05, 4.69) is 55.3 Å². The van der Waals surface area contributed by atoms with Crippen LogP contribution in [0.25, 0.3) is 11.3 Å². The molecular weight excluding hydrogens is 572 g/mol. The number of likely N-dealkylation sites (tertiary alicyclic amines) is 1. The smallest absolute Gasteiger partial charge is 0.475 e. The Morgan fingerprint density at radius 3 is 1.81 bits per heavy atom. The Morgan fingerprint density at radius 2 is 1.36 bits per heavy atom. The van der Waals surface area contributed by atoms with Crippen LogP contribution in [0.5, 0.6) is 0 Å². The van der Waals surface area contributed by atoms with E-state index in [0.29, 0.717) is 0 Å². The van der Waals surface area contributed by atoms with Gasteiger partial charge in [0.2, 0.25) is 0 Å². The van der Waals surface area contributed by atoms with E-state index in [1.807, 2.05) is 36.7 Å². The number of rotatable bonds is 5. The number of carboxylic acid groups (broad SMARTS) is 2. The summed E-state index contributed by atoms with van der Waals surface area (Å²) in [5.74, 6) is -3.02. The molecule has 0 saturated carbocycles. The highest BCUT2D eigenvalue weighted by atomic mass is 19.4. The van der Waals surface area contributed by atoms with Crippen molar-refractivity contribution in [2.45, 2.75) is 18.8 Å². The van der Waals surface area contributed by atoms with Crippen LogP contribution >= 0.6 is 0 Å². The third kappa shape index (κ3) is 9.68. The lowest BCUT2D eigenvalue weighted by molar-refractivity contribution is -0.193. The van der Waals surface area contributed by atoms with Gasteiger partial charge in [-0.3, -0.25) is 4.98 Å². The van der Waals surface area contributed by atoms with Crippen molar-refractivity contribution in [3.63, 3.8) is 0 Å². The van der Waals surface area contributed by atoms with E-state index < -0.39 is 24.3 Å². The van der Waals surface area contributed by atoms with Crippen molar-refractivity contribution in [1.29, 1.82) is 0 Å². The molecule has 2 N–H and O–H groups in total. The van der Waals surface area contributed by atoms with Crippen LogP contribution in [0, 0.1) is 11.8 Å². The summed E-state index contributed by atoms with van der Waals surface area (Å²) in [4.78, 5) is 27.0. The molecule has 5 rings (SSSR count). The van der Waals surface area contributed by atoms with Crippen molar-refractivity contribution < 1.29 is 46.1 Å². The molecule has 2 saturated heterocycles. The molecule has 4 heterocycles. The monoisotopic (exact) mass is 599 g/mol. The number of fused-ring (bicyclic) bond motifs is 1. The molecule has 42 heavy (non-hydrogen) atoms. The number of benzene rings is 1. The summed E-state index contributed by atoms with van der Waals surface area (Å²) >= 11 is 0. The summed E-state index contributed by atoms with van der Waals surface area (Å²) in [6.07, 6.45) is -5.26. The molecule has 15 heteroatoms. The van der Waals surface area contributed by atoms with E-state index in [1.165, 1.54) is 18.7 Å². The number of anilines is 1. The second kappa shape index (κ2) is 14.1. The SMILES string of the molecule is O=C(O)C(F)(F)F.O=C(O)C(F)(F)F.c1ccc(-c2ccc(N3CC4CN(CCc5cccnc5)CC4C3)nn2)cc1. The predicted molar refractivity (Wildman–Crippen MR) is 138 cm³/mol. The molecule has 3 aromatic rings. The van der Waals surface area contributed by atoms with Crippen LogP contribution in [0.4, 0.5) is 32.2 Å². The van der Waals surface area contributed by atoms with Gasteiger partial charge in [-0.05, 0) is 42.0 Å². The Morgan fingerprint density at radius 1 is 0.786 bits per heavy atom. The van der Waals surface area contributed by atoms with Gasteiger partial charge in [0.1, 0.15) is 0 Å². The molecule has 2 aliphatic heterocycles. The number of aromatic nitrogens is 3. The number of hydrogen-bond donors (Lipinski definition) is 2. The highest BCUT2D eigenvalue weighted by Crippen LogP contribution is 2.33. The Hall–Kier alpha value is -4.27. The maximum atomic E-state index is 10.6. The lowest BCUT2D eigenvalue weighted by Gasteiger charge is -2.22. The number of nitrogens with zero attached hydrogens (tertiary/aromatic N) is 5. The number of alkyl halides is 6. The van der Waals surface area contributed by atoms with Gasteiger partial charge < -0.3 is 20.0 Å². The first kappa shape index (κ1) is 32.2. The number of carboxylic acids is 2. The minimum atomic E-state index is -5.08. The Bertz CT molecular complexity index is 1260. The second-order valence-electron chi connectivity index (χ2n) is 9.54. The molecule has 9 nitrogen and oxygen atoms in total. The zero-order valence-electron chi connectivity index (χ0n) is 22.0. The third-order valence-electron chi connectivity index (χ3n) is 6.53. The van der Waals surface area contributed by atoms with Crippen molar-refractivity contribution in [3.05, 3.63) is 72.6 Å². The molecule has 2 atom stereocenters. The normalized spacial score (nSPS) is 18.3. The van der Waals surface area contributed by atoms with Gasteiger partial charge in [0, 0.05) is 50.7 Å². The van der Waals surface area contributed by atoms with Gasteiger partial charge in [0.05, 0.1) is 5.69 Å². The van der Waals surface area contributed by atoms with Gasteiger partial charge in [-0.2, -0.15) is 26.3 Å². The van der Waals surface area contributed by atoms with Crippen molar-refractivity contribution >= 4 is 17.8 Å². The average molecular weight is 600 g/mol. The molecule has 2 aromatic heterocycles. The lowest BCUT2D eigenvalue weighted by Crippen LogP contribution is -2.30. The molecule has 0 amide bonds. The molecule has 0 radical (unpaired) electrons. The third-order valence-corrected chi connectivity index (χ3v) is 6.53. The molecule has 0 aliphatic carbocycles. The van der Waals surface area contributed by atoms with E-state index in [1.54, 1.807) is 0 Å². The fourth-order valence-electron chi connectivity index (χ4n) is 4.55. The second-order valence-corrected chi connectivity index (χ2v) is 9.54. The molecule has 226 valence electrons. The van der Waals surface area contributed by atoms with E-state index in [4.69, 9.17) is 19.8 Å². The van der Waals surface area contributed by atoms with E-state index >= 15 is 0 Å². The molecule has 0 spiro atoms. The average Bonchev–Trinajstić information content (AvgIpc) is 3.52. The number of hydrogen-bond acceptors (Lipinski definition) is 7. The van der Waals surface area contributed by atoms with Crippen LogP contribution in [0.15, 0.2) is 67.0 Å². The Balaban J connectivity index is 0.000000289. The highest BCUT2D eigenvalue weighted by molar-refractivity contribution is 5.73. The summed E-state index contributed by atoms with van der Waals surface area (Å²) in [7, 11) is 0. The Kier molecular flexibility index (Phi) is 10.8. The van der Waals surface area contributed by atoms with Crippen molar-refractivity contribution in [2.75, 3.05) is 37.6 Å². The van der Waals surface area contributed by atoms with E-state index in [-0.39, 0.29) is 0 Å². The fourth-order valence-corrected chi connectivity index (χ4v) is 4.55. The Labute approximate surface area is 236 Å². The molecular formula is C27H27F6N5O4. The van der Waals surface area contributed by atoms with Crippen LogP contribution in [-0.4, -0.2) is 87.3 Å². The first-order chi connectivity index (χ1) is 19.7. The summed E-state index contributed by atoms with van der Waals surface area (Å²) in [5.41, 5.74) is 3.38. The van der Waals surface area contributed by atoms with Crippen LogP contribution in [0.1, 0.15) is 5.56 Å². The summed E-state index contributed by atoms with van der Waals surface area (Å²) < 4.78 is 63.5. The minimum Gasteiger partial charge on any atom is -0.475 e. The largest absolute Gasteiger partial charge is 0.490 e. The van der Waals surface area contributed by atoms with Crippen LogP contribution < -0.4 is 4.90 Å².